The van der Waals surface area contributed by atoms with E-state index in [1.165, 1.54) is 28.7 Å². The van der Waals surface area contributed by atoms with Gasteiger partial charge in [0.05, 0.1) is 12.9 Å². The standard InChI is InChI=1S/C19H18N2O2S3/c1-13-3-7-15(8-4-13)17(22)12-25-19-21-20-18(26-19)24-11-14-5-9-16(23-2)10-6-14/h3-10H,11-12H2,1-2H3. The van der Waals surface area contributed by atoms with E-state index < -0.39 is 0 Å². The van der Waals surface area contributed by atoms with Gasteiger partial charge in [0.25, 0.3) is 0 Å². The molecule has 0 fully saturated rings. The summed E-state index contributed by atoms with van der Waals surface area (Å²) >= 11 is 4.61. The second kappa shape index (κ2) is 9.21. The van der Waals surface area contributed by atoms with Gasteiger partial charge in [-0.3, -0.25) is 4.79 Å². The quantitative estimate of drug-likeness (QED) is 0.385. The van der Waals surface area contributed by atoms with E-state index in [-0.39, 0.29) is 5.78 Å². The molecule has 0 atom stereocenters. The zero-order valence-corrected chi connectivity index (χ0v) is 16.9. The molecule has 4 nitrogen and oxygen atoms in total. The summed E-state index contributed by atoms with van der Waals surface area (Å²) in [7, 11) is 1.66. The minimum Gasteiger partial charge on any atom is -0.497 e. The summed E-state index contributed by atoms with van der Waals surface area (Å²) < 4.78 is 6.89. The number of ether oxygens (including phenoxy) is 1. The Bertz CT molecular complexity index is 861. The minimum atomic E-state index is 0.109. The second-order valence-corrected chi connectivity index (χ2v) is 8.97. The number of hydrogen-bond acceptors (Lipinski definition) is 7. The lowest BCUT2D eigenvalue weighted by Crippen LogP contribution is -2.01. The number of nitrogens with zero attached hydrogens (tertiary/aromatic N) is 2. The third-order valence-electron chi connectivity index (χ3n) is 3.61. The van der Waals surface area contributed by atoms with Crippen LogP contribution in [-0.2, 0) is 5.75 Å². The lowest BCUT2D eigenvalue weighted by atomic mass is 10.1. The van der Waals surface area contributed by atoms with E-state index in [2.05, 4.69) is 10.2 Å². The van der Waals surface area contributed by atoms with Crippen molar-refractivity contribution in [2.24, 2.45) is 0 Å². The van der Waals surface area contributed by atoms with Gasteiger partial charge in [-0.1, -0.05) is 76.8 Å². The SMILES string of the molecule is COc1ccc(CSc2nnc(SCC(=O)c3ccc(C)cc3)s2)cc1. The molecule has 0 aliphatic heterocycles. The third kappa shape index (κ3) is 5.33. The monoisotopic (exact) mass is 402 g/mol. The van der Waals surface area contributed by atoms with Crippen LogP contribution in [0.25, 0.3) is 0 Å². The molecule has 0 bridgehead atoms. The van der Waals surface area contributed by atoms with Crippen molar-refractivity contribution in [2.75, 3.05) is 12.9 Å². The Morgan fingerprint density at radius 2 is 1.65 bits per heavy atom. The molecule has 1 heterocycles. The number of carbonyl (C=O) groups excluding carboxylic acids is 1. The Balaban J connectivity index is 1.49. The third-order valence-corrected chi connectivity index (χ3v) is 6.87. The number of methoxy groups -OCH3 is 1. The van der Waals surface area contributed by atoms with Gasteiger partial charge in [0.15, 0.2) is 14.5 Å². The smallest absolute Gasteiger partial charge is 0.175 e. The van der Waals surface area contributed by atoms with Crippen LogP contribution in [0, 0.1) is 6.92 Å². The Morgan fingerprint density at radius 1 is 1.00 bits per heavy atom. The number of Topliss-reactive ketones (excluding diaryl/α,β-unsaturated/α-hetero) is 1. The molecule has 0 saturated carbocycles. The number of thioether (sulfide) groups is 2. The van der Waals surface area contributed by atoms with Crippen molar-refractivity contribution in [3.63, 3.8) is 0 Å². The summed E-state index contributed by atoms with van der Waals surface area (Å²) in [5.41, 5.74) is 3.09. The normalized spacial score (nSPS) is 10.7. The highest BCUT2D eigenvalue weighted by Crippen LogP contribution is 2.31. The summed E-state index contributed by atoms with van der Waals surface area (Å²) in [6.45, 7) is 2.01. The van der Waals surface area contributed by atoms with Gasteiger partial charge in [0.1, 0.15) is 5.75 Å². The van der Waals surface area contributed by atoms with Crippen molar-refractivity contribution in [2.45, 2.75) is 21.4 Å². The molecular formula is C19H18N2O2S3. The van der Waals surface area contributed by atoms with E-state index >= 15 is 0 Å². The maximum atomic E-state index is 12.2. The molecule has 26 heavy (non-hydrogen) atoms. The highest BCUT2D eigenvalue weighted by molar-refractivity contribution is 8.03. The molecule has 3 rings (SSSR count). The Kier molecular flexibility index (Phi) is 6.71. The van der Waals surface area contributed by atoms with Gasteiger partial charge in [-0.25, -0.2) is 0 Å². The van der Waals surface area contributed by atoms with Crippen molar-refractivity contribution in [1.82, 2.24) is 10.2 Å². The molecule has 0 aliphatic carbocycles. The number of rotatable bonds is 8. The van der Waals surface area contributed by atoms with Gasteiger partial charge >= 0.3 is 0 Å². The van der Waals surface area contributed by atoms with E-state index in [0.717, 1.165) is 31.3 Å². The van der Waals surface area contributed by atoms with Crippen molar-refractivity contribution in [1.29, 1.82) is 0 Å². The van der Waals surface area contributed by atoms with Crippen LogP contribution in [0.5, 0.6) is 5.75 Å². The Labute approximate surface area is 165 Å². The molecule has 0 unspecified atom stereocenters. The van der Waals surface area contributed by atoms with Crippen LogP contribution < -0.4 is 4.74 Å². The van der Waals surface area contributed by atoms with E-state index in [1.807, 2.05) is 55.5 Å². The molecule has 134 valence electrons. The number of carbonyl (C=O) groups is 1. The molecule has 0 radical (unpaired) electrons. The number of aryl methyl sites for hydroxylation is 1. The van der Waals surface area contributed by atoms with Crippen LogP contribution in [0.2, 0.25) is 0 Å². The first-order chi connectivity index (χ1) is 12.6. The number of ketones is 1. The molecule has 0 saturated heterocycles. The van der Waals surface area contributed by atoms with E-state index in [4.69, 9.17) is 4.74 Å². The molecule has 3 aromatic rings. The number of aromatic nitrogens is 2. The van der Waals surface area contributed by atoms with Crippen LogP contribution in [0.3, 0.4) is 0 Å². The summed E-state index contributed by atoms with van der Waals surface area (Å²) in [4.78, 5) is 12.2. The highest BCUT2D eigenvalue weighted by atomic mass is 32.2. The van der Waals surface area contributed by atoms with Crippen LogP contribution in [0.15, 0.2) is 57.2 Å². The predicted octanol–water partition coefficient (Wildman–Crippen LogP) is 5.12. The molecular weight excluding hydrogens is 384 g/mol. The molecule has 0 spiro atoms. The topological polar surface area (TPSA) is 52.1 Å². The van der Waals surface area contributed by atoms with Crippen LogP contribution >= 0.6 is 34.9 Å². The minimum absolute atomic E-state index is 0.109. The second-order valence-electron chi connectivity index (χ2n) is 5.55. The zero-order valence-electron chi connectivity index (χ0n) is 14.5. The summed E-state index contributed by atoms with van der Waals surface area (Å²) in [5, 5.41) is 8.38. The van der Waals surface area contributed by atoms with Gasteiger partial charge in [0, 0.05) is 11.3 Å². The van der Waals surface area contributed by atoms with Gasteiger partial charge in [-0.15, -0.1) is 10.2 Å². The van der Waals surface area contributed by atoms with Crippen molar-refractivity contribution in [3.8, 4) is 5.75 Å². The summed E-state index contributed by atoms with van der Waals surface area (Å²) in [5.74, 6) is 2.16. The van der Waals surface area contributed by atoms with E-state index in [1.54, 1.807) is 18.9 Å². The fraction of sp³-hybridized carbons (Fsp3) is 0.211. The first kappa shape index (κ1) is 18.9. The largest absolute Gasteiger partial charge is 0.497 e. The van der Waals surface area contributed by atoms with Crippen LogP contribution in [0.4, 0.5) is 0 Å². The maximum Gasteiger partial charge on any atom is 0.175 e. The lowest BCUT2D eigenvalue weighted by Gasteiger charge is -2.01. The van der Waals surface area contributed by atoms with Crippen LogP contribution in [0.1, 0.15) is 21.5 Å². The fourth-order valence-corrected chi connectivity index (χ4v) is 5.00. The molecule has 7 heteroatoms. The number of hydrogen-bond donors (Lipinski definition) is 0. The summed E-state index contributed by atoms with van der Waals surface area (Å²) in [6.07, 6.45) is 0. The molecule has 0 aliphatic rings. The zero-order chi connectivity index (χ0) is 18.4. The molecule has 2 aromatic carbocycles. The average Bonchev–Trinajstić information content (AvgIpc) is 3.13. The highest BCUT2D eigenvalue weighted by Gasteiger charge is 2.10. The van der Waals surface area contributed by atoms with E-state index in [0.29, 0.717) is 5.75 Å². The first-order valence-electron chi connectivity index (χ1n) is 7.96. The number of benzene rings is 2. The van der Waals surface area contributed by atoms with Gasteiger partial charge < -0.3 is 4.74 Å². The Hall–Kier alpha value is -1.83. The average molecular weight is 403 g/mol. The molecule has 0 amide bonds. The summed E-state index contributed by atoms with van der Waals surface area (Å²) in [6, 6.07) is 15.6. The first-order valence-corrected chi connectivity index (χ1v) is 10.7. The van der Waals surface area contributed by atoms with Crippen LogP contribution in [-0.4, -0.2) is 28.8 Å². The van der Waals surface area contributed by atoms with Crippen molar-refractivity contribution < 1.29 is 9.53 Å². The molecule has 1 aromatic heterocycles. The van der Waals surface area contributed by atoms with Crippen molar-refractivity contribution >= 4 is 40.6 Å². The Morgan fingerprint density at radius 3 is 2.31 bits per heavy atom. The lowest BCUT2D eigenvalue weighted by molar-refractivity contribution is 0.102. The molecule has 0 N–H and O–H groups in total. The van der Waals surface area contributed by atoms with E-state index in [9.17, 15) is 4.79 Å². The van der Waals surface area contributed by atoms with Crippen molar-refractivity contribution in [3.05, 3.63) is 65.2 Å². The maximum absolute atomic E-state index is 12.2. The predicted molar refractivity (Wildman–Crippen MR) is 109 cm³/mol. The van der Waals surface area contributed by atoms with Gasteiger partial charge in [-0.2, -0.15) is 0 Å². The van der Waals surface area contributed by atoms with Gasteiger partial charge in [0.2, 0.25) is 0 Å². The fourth-order valence-electron chi connectivity index (χ4n) is 2.13. The van der Waals surface area contributed by atoms with Gasteiger partial charge in [-0.05, 0) is 24.6 Å².